The zero-order valence-corrected chi connectivity index (χ0v) is 15.4. The molecule has 4 heteroatoms. The van der Waals surface area contributed by atoms with E-state index in [1.165, 1.54) is 5.56 Å². The van der Waals surface area contributed by atoms with Gasteiger partial charge in [0.2, 0.25) is 5.91 Å². The Morgan fingerprint density at radius 2 is 1.68 bits per heavy atom. The largest absolute Gasteiger partial charge is 0.497 e. The number of benzene rings is 2. The van der Waals surface area contributed by atoms with E-state index in [1.54, 1.807) is 7.11 Å². The van der Waals surface area contributed by atoms with Crippen LogP contribution in [0.2, 0.25) is 0 Å². The highest BCUT2D eigenvalue weighted by molar-refractivity contribution is 5.83. The average molecular weight is 340 g/mol. The van der Waals surface area contributed by atoms with Crippen molar-refractivity contribution in [3.63, 3.8) is 0 Å². The Hall–Kier alpha value is -2.33. The van der Waals surface area contributed by atoms with Gasteiger partial charge < -0.3 is 10.1 Å². The highest BCUT2D eigenvalue weighted by atomic mass is 16.5. The smallest absolute Gasteiger partial charge is 0.241 e. The molecule has 0 saturated carbocycles. The molecule has 0 radical (unpaired) electrons. The van der Waals surface area contributed by atoms with Crippen molar-refractivity contribution < 1.29 is 9.53 Å². The van der Waals surface area contributed by atoms with Crippen LogP contribution in [0.4, 0.5) is 0 Å². The molecule has 0 aliphatic carbocycles. The summed E-state index contributed by atoms with van der Waals surface area (Å²) in [6.45, 7) is 6.47. The summed E-state index contributed by atoms with van der Waals surface area (Å²) in [5.74, 6) is 0.905. The van der Waals surface area contributed by atoms with E-state index in [-0.39, 0.29) is 11.9 Å². The summed E-state index contributed by atoms with van der Waals surface area (Å²) >= 11 is 0. The number of nitrogens with one attached hydrogen (secondary N) is 1. The molecule has 2 aromatic carbocycles. The molecule has 25 heavy (non-hydrogen) atoms. The van der Waals surface area contributed by atoms with Crippen LogP contribution in [-0.4, -0.2) is 37.6 Å². The molecule has 1 atom stereocenters. The van der Waals surface area contributed by atoms with Crippen molar-refractivity contribution in [1.82, 2.24) is 10.2 Å². The van der Waals surface area contributed by atoms with Gasteiger partial charge in [-0.25, -0.2) is 0 Å². The fourth-order valence-electron chi connectivity index (χ4n) is 2.97. The number of hydrogen-bond acceptors (Lipinski definition) is 3. The molecule has 0 saturated heterocycles. The topological polar surface area (TPSA) is 41.6 Å². The van der Waals surface area contributed by atoms with Crippen LogP contribution in [0, 0.1) is 0 Å². The molecule has 2 aromatic rings. The molecular weight excluding hydrogens is 312 g/mol. The van der Waals surface area contributed by atoms with Crippen LogP contribution in [0.15, 0.2) is 54.6 Å². The second-order valence-electron chi connectivity index (χ2n) is 5.92. The molecular formula is C21H28N2O2. The number of likely N-dealkylation sites (N-methyl/N-ethyl adjacent to an activating group) is 1. The van der Waals surface area contributed by atoms with Gasteiger partial charge in [0.25, 0.3) is 0 Å². The summed E-state index contributed by atoms with van der Waals surface area (Å²) < 4.78 is 5.17. The monoisotopic (exact) mass is 340 g/mol. The fraction of sp³-hybridized carbons (Fsp3) is 0.381. The van der Waals surface area contributed by atoms with Crippen LogP contribution < -0.4 is 10.1 Å². The molecule has 1 unspecified atom stereocenters. The van der Waals surface area contributed by atoms with Gasteiger partial charge in [0, 0.05) is 6.54 Å². The molecule has 0 spiro atoms. The minimum atomic E-state index is -0.243. The Labute approximate surface area is 150 Å². The third-order valence-electron chi connectivity index (χ3n) is 4.41. The third-order valence-corrected chi connectivity index (χ3v) is 4.41. The quantitative estimate of drug-likeness (QED) is 0.760. The first kappa shape index (κ1) is 19.0. The Bertz CT molecular complexity index is 637. The Morgan fingerprint density at radius 3 is 2.24 bits per heavy atom. The maximum atomic E-state index is 12.8. The predicted molar refractivity (Wildman–Crippen MR) is 102 cm³/mol. The standard InChI is InChI=1S/C21H28N2O2/c1-4-23(5-2)20(18-9-7-6-8-10-18)21(24)22-16-15-17-11-13-19(25-3)14-12-17/h6-14,20H,4-5,15-16H2,1-3H3,(H,22,24). The van der Waals surface area contributed by atoms with Crippen molar-refractivity contribution >= 4 is 5.91 Å². The molecule has 0 aromatic heterocycles. The van der Waals surface area contributed by atoms with Gasteiger partial charge in [-0.2, -0.15) is 0 Å². The van der Waals surface area contributed by atoms with Gasteiger partial charge in [-0.3, -0.25) is 9.69 Å². The lowest BCUT2D eigenvalue weighted by atomic mass is 10.0. The van der Waals surface area contributed by atoms with Gasteiger partial charge in [0.15, 0.2) is 0 Å². The molecule has 0 aliphatic rings. The van der Waals surface area contributed by atoms with E-state index in [1.807, 2.05) is 54.6 Å². The van der Waals surface area contributed by atoms with Crippen molar-refractivity contribution in [3.05, 3.63) is 65.7 Å². The summed E-state index contributed by atoms with van der Waals surface area (Å²) in [6.07, 6.45) is 0.801. The minimum absolute atomic E-state index is 0.0587. The maximum absolute atomic E-state index is 12.8. The summed E-state index contributed by atoms with van der Waals surface area (Å²) in [5.41, 5.74) is 2.22. The summed E-state index contributed by atoms with van der Waals surface area (Å²) in [4.78, 5) is 15.0. The SMILES string of the molecule is CCN(CC)C(C(=O)NCCc1ccc(OC)cc1)c1ccccc1. The van der Waals surface area contributed by atoms with Crippen LogP contribution in [0.1, 0.15) is 31.0 Å². The summed E-state index contributed by atoms with van der Waals surface area (Å²) in [7, 11) is 1.66. The van der Waals surface area contributed by atoms with Crippen LogP contribution in [-0.2, 0) is 11.2 Å². The van der Waals surface area contributed by atoms with Crippen LogP contribution in [0.25, 0.3) is 0 Å². The number of carbonyl (C=O) groups excluding carboxylic acids is 1. The summed E-state index contributed by atoms with van der Waals surface area (Å²) in [6, 6.07) is 17.7. The molecule has 0 heterocycles. The molecule has 1 amide bonds. The lowest BCUT2D eigenvalue weighted by Gasteiger charge is -2.29. The first-order chi connectivity index (χ1) is 12.2. The molecule has 0 bridgehead atoms. The number of ether oxygens (including phenoxy) is 1. The highest BCUT2D eigenvalue weighted by Gasteiger charge is 2.25. The van der Waals surface area contributed by atoms with Crippen LogP contribution in [0.5, 0.6) is 5.75 Å². The van der Waals surface area contributed by atoms with E-state index in [0.29, 0.717) is 6.54 Å². The lowest BCUT2D eigenvalue weighted by Crippen LogP contribution is -2.41. The van der Waals surface area contributed by atoms with Crippen molar-refractivity contribution in [1.29, 1.82) is 0 Å². The maximum Gasteiger partial charge on any atom is 0.241 e. The van der Waals surface area contributed by atoms with E-state index in [9.17, 15) is 4.79 Å². The molecule has 0 aliphatic heterocycles. The second kappa shape index (κ2) is 9.84. The fourth-order valence-corrected chi connectivity index (χ4v) is 2.97. The van der Waals surface area contributed by atoms with Crippen molar-refractivity contribution in [2.45, 2.75) is 26.3 Å². The third kappa shape index (κ3) is 5.33. The number of nitrogens with zero attached hydrogens (tertiary/aromatic N) is 1. The van der Waals surface area contributed by atoms with E-state index < -0.39 is 0 Å². The predicted octanol–water partition coefficient (Wildman–Crippen LogP) is 3.44. The summed E-state index contributed by atoms with van der Waals surface area (Å²) in [5, 5.41) is 3.10. The Kier molecular flexibility index (Phi) is 7.48. The van der Waals surface area contributed by atoms with Gasteiger partial charge in [0.1, 0.15) is 11.8 Å². The van der Waals surface area contributed by atoms with Gasteiger partial charge >= 0.3 is 0 Å². The first-order valence-corrected chi connectivity index (χ1v) is 8.89. The van der Waals surface area contributed by atoms with E-state index in [2.05, 4.69) is 24.1 Å². The molecule has 134 valence electrons. The zero-order valence-electron chi connectivity index (χ0n) is 15.4. The number of hydrogen-bond donors (Lipinski definition) is 1. The average Bonchev–Trinajstić information content (AvgIpc) is 2.67. The van der Waals surface area contributed by atoms with Crippen LogP contribution >= 0.6 is 0 Å². The molecule has 4 nitrogen and oxygen atoms in total. The highest BCUT2D eigenvalue weighted by Crippen LogP contribution is 2.20. The second-order valence-corrected chi connectivity index (χ2v) is 5.92. The van der Waals surface area contributed by atoms with Crippen LogP contribution in [0.3, 0.4) is 0 Å². The number of rotatable bonds is 9. The Morgan fingerprint density at radius 1 is 1.04 bits per heavy atom. The van der Waals surface area contributed by atoms with Gasteiger partial charge in [-0.1, -0.05) is 56.3 Å². The van der Waals surface area contributed by atoms with Gasteiger partial charge in [-0.05, 0) is 42.8 Å². The van der Waals surface area contributed by atoms with Gasteiger partial charge in [0.05, 0.1) is 7.11 Å². The normalized spacial score (nSPS) is 12.0. The molecule has 0 fully saturated rings. The van der Waals surface area contributed by atoms with E-state index in [0.717, 1.165) is 30.8 Å². The molecule has 1 N–H and O–H groups in total. The minimum Gasteiger partial charge on any atom is -0.497 e. The Balaban J connectivity index is 1.99. The molecule has 2 rings (SSSR count). The number of carbonyl (C=O) groups is 1. The van der Waals surface area contributed by atoms with Crippen molar-refractivity contribution in [3.8, 4) is 5.75 Å². The van der Waals surface area contributed by atoms with Gasteiger partial charge in [-0.15, -0.1) is 0 Å². The van der Waals surface area contributed by atoms with E-state index >= 15 is 0 Å². The number of amides is 1. The zero-order chi connectivity index (χ0) is 18.1. The lowest BCUT2D eigenvalue weighted by molar-refractivity contribution is -0.126. The number of methoxy groups -OCH3 is 1. The van der Waals surface area contributed by atoms with Crippen molar-refractivity contribution in [2.24, 2.45) is 0 Å². The van der Waals surface area contributed by atoms with Crippen molar-refractivity contribution in [2.75, 3.05) is 26.7 Å². The van der Waals surface area contributed by atoms with E-state index in [4.69, 9.17) is 4.74 Å². The first-order valence-electron chi connectivity index (χ1n) is 8.89.